The van der Waals surface area contributed by atoms with E-state index in [2.05, 4.69) is 10.6 Å². The summed E-state index contributed by atoms with van der Waals surface area (Å²) in [6.07, 6.45) is 0.882. The van der Waals surface area contributed by atoms with Crippen molar-refractivity contribution in [2.45, 2.75) is 25.4 Å². The van der Waals surface area contributed by atoms with Crippen molar-refractivity contribution in [2.75, 3.05) is 19.7 Å². The molecule has 0 radical (unpaired) electrons. The number of carbonyl (C=O) groups excluding carboxylic acids is 2. The molecule has 1 aliphatic rings. The highest BCUT2D eigenvalue weighted by atomic mass is 16.3. The number of hydrogen-bond donors (Lipinski definition) is 4. The number of amides is 2. The van der Waals surface area contributed by atoms with Crippen LogP contribution < -0.4 is 10.6 Å². The van der Waals surface area contributed by atoms with E-state index < -0.39 is 12.2 Å². The molecule has 0 spiro atoms. The maximum atomic E-state index is 11.6. The third-order valence-corrected chi connectivity index (χ3v) is 2.62. The molecule has 0 aromatic heterocycles. The molecule has 0 bridgehead atoms. The van der Waals surface area contributed by atoms with Crippen LogP contribution in [0, 0.1) is 5.92 Å². The number of hydrogen-bond acceptors (Lipinski definition) is 4. The lowest BCUT2D eigenvalue weighted by molar-refractivity contribution is -0.130. The van der Waals surface area contributed by atoms with Crippen molar-refractivity contribution in [3.8, 4) is 0 Å². The molecule has 0 aliphatic carbocycles. The standard InChI is InChI=1S/C10H18N2O4/c1-10(16,6-13)5-12-9(15)7-2-3-8(14)11-4-7/h7,13,16H,2-6H2,1H3,(H,11,14)(H,12,15). The van der Waals surface area contributed by atoms with Gasteiger partial charge >= 0.3 is 0 Å². The Kier molecular flexibility index (Phi) is 4.26. The predicted octanol–water partition coefficient (Wildman–Crippen LogP) is -1.63. The molecule has 6 heteroatoms. The first-order chi connectivity index (χ1) is 7.44. The van der Waals surface area contributed by atoms with E-state index in [0.717, 1.165) is 0 Å². The van der Waals surface area contributed by atoms with Gasteiger partial charge in [0.25, 0.3) is 0 Å². The molecule has 1 heterocycles. The van der Waals surface area contributed by atoms with Gasteiger partial charge in [-0.2, -0.15) is 0 Å². The van der Waals surface area contributed by atoms with Gasteiger partial charge in [0.2, 0.25) is 11.8 Å². The smallest absolute Gasteiger partial charge is 0.225 e. The Bertz CT molecular complexity index is 268. The Morgan fingerprint density at radius 2 is 2.38 bits per heavy atom. The molecule has 0 aromatic carbocycles. The topological polar surface area (TPSA) is 98.7 Å². The molecule has 1 fully saturated rings. The zero-order valence-electron chi connectivity index (χ0n) is 9.32. The predicted molar refractivity (Wildman–Crippen MR) is 56.5 cm³/mol. The Hall–Kier alpha value is -1.14. The number of carbonyl (C=O) groups is 2. The molecule has 2 unspecified atom stereocenters. The van der Waals surface area contributed by atoms with Crippen molar-refractivity contribution in [3.05, 3.63) is 0 Å². The van der Waals surface area contributed by atoms with Gasteiger partial charge in [0, 0.05) is 19.5 Å². The van der Waals surface area contributed by atoms with Gasteiger partial charge < -0.3 is 20.8 Å². The van der Waals surface area contributed by atoms with Crippen LogP contribution in [0.2, 0.25) is 0 Å². The summed E-state index contributed by atoms with van der Waals surface area (Å²) in [5.41, 5.74) is -1.30. The maximum Gasteiger partial charge on any atom is 0.225 e. The van der Waals surface area contributed by atoms with Gasteiger partial charge in [0.15, 0.2) is 0 Å². The second-order valence-corrected chi connectivity index (χ2v) is 4.41. The lowest BCUT2D eigenvalue weighted by Crippen LogP contribution is -2.48. The van der Waals surface area contributed by atoms with Crippen LogP contribution in [0.4, 0.5) is 0 Å². The third-order valence-electron chi connectivity index (χ3n) is 2.62. The molecule has 1 rings (SSSR count). The summed E-state index contributed by atoms with van der Waals surface area (Å²) in [5.74, 6) is -0.479. The Balaban J connectivity index is 2.33. The van der Waals surface area contributed by atoms with Crippen LogP contribution in [0.3, 0.4) is 0 Å². The highest BCUT2D eigenvalue weighted by Gasteiger charge is 2.26. The molecule has 4 N–H and O–H groups in total. The van der Waals surface area contributed by atoms with E-state index in [1.165, 1.54) is 6.92 Å². The molecule has 16 heavy (non-hydrogen) atoms. The zero-order valence-corrected chi connectivity index (χ0v) is 9.32. The molecule has 0 aromatic rings. The minimum absolute atomic E-state index is 0.00673. The van der Waals surface area contributed by atoms with Crippen LogP contribution >= 0.6 is 0 Å². The van der Waals surface area contributed by atoms with Crippen molar-refractivity contribution in [2.24, 2.45) is 5.92 Å². The number of rotatable bonds is 4. The first-order valence-corrected chi connectivity index (χ1v) is 5.32. The molecule has 1 aliphatic heterocycles. The van der Waals surface area contributed by atoms with Gasteiger partial charge in [-0.1, -0.05) is 0 Å². The molecular weight excluding hydrogens is 212 g/mol. The quantitative estimate of drug-likeness (QED) is 0.466. The van der Waals surface area contributed by atoms with E-state index in [4.69, 9.17) is 5.11 Å². The van der Waals surface area contributed by atoms with Crippen molar-refractivity contribution >= 4 is 11.8 Å². The second kappa shape index (κ2) is 5.27. The third kappa shape index (κ3) is 3.79. The molecular formula is C10H18N2O4. The van der Waals surface area contributed by atoms with Crippen molar-refractivity contribution in [1.29, 1.82) is 0 Å². The highest BCUT2D eigenvalue weighted by Crippen LogP contribution is 2.11. The fraction of sp³-hybridized carbons (Fsp3) is 0.800. The normalized spacial score (nSPS) is 24.4. The molecule has 92 valence electrons. The summed E-state index contributed by atoms with van der Waals surface area (Å²) in [7, 11) is 0. The van der Waals surface area contributed by atoms with Crippen LogP contribution in [0.25, 0.3) is 0 Å². The zero-order chi connectivity index (χ0) is 12.2. The monoisotopic (exact) mass is 230 g/mol. The Labute approximate surface area is 94.0 Å². The summed E-state index contributed by atoms with van der Waals surface area (Å²) in [6.45, 7) is 1.38. The van der Waals surface area contributed by atoms with Crippen molar-refractivity contribution in [3.63, 3.8) is 0 Å². The summed E-state index contributed by atoms with van der Waals surface area (Å²) in [5, 5.41) is 23.4. The molecule has 1 saturated heterocycles. The highest BCUT2D eigenvalue weighted by molar-refractivity contribution is 5.83. The van der Waals surface area contributed by atoms with Crippen LogP contribution in [-0.2, 0) is 9.59 Å². The number of aliphatic hydroxyl groups is 2. The number of piperidine rings is 1. The van der Waals surface area contributed by atoms with E-state index in [-0.39, 0.29) is 24.3 Å². The Morgan fingerprint density at radius 1 is 1.69 bits per heavy atom. The largest absolute Gasteiger partial charge is 0.393 e. The minimum atomic E-state index is -1.30. The summed E-state index contributed by atoms with van der Waals surface area (Å²) < 4.78 is 0. The lowest BCUT2D eigenvalue weighted by atomic mass is 9.98. The SMILES string of the molecule is CC(O)(CO)CNC(=O)C1CCC(=O)NC1. The van der Waals surface area contributed by atoms with E-state index >= 15 is 0 Å². The summed E-state index contributed by atoms with van der Waals surface area (Å²) >= 11 is 0. The minimum Gasteiger partial charge on any atom is -0.393 e. The van der Waals surface area contributed by atoms with Gasteiger partial charge in [0.1, 0.15) is 5.60 Å². The number of aliphatic hydroxyl groups excluding tert-OH is 1. The first-order valence-electron chi connectivity index (χ1n) is 5.32. The summed E-state index contributed by atoms with van der Waals surface area (Å²) in [4.78, 5) is 22.5. The van der Waals surface area contributed by atoms with Crippen LogP contribution in [0.1, 0.15) is 19.8 Å². The fourth-order valence-electron chi connectivity index (χ4n) is 1.43. The molecule has 6 nitrogen and oxygen atoms in total. The molecule has 2 amide bonds. The maximum absolute atomic E-state index is 11.6. The first kappa shape index (κ1) is 12.9. The average Bonchev–Trinajstić information content (AvgIpc) is 2.27. The van der Waals surface area contributed by atoms with E-state index in [1.807, 2.05) is 0 Å². The Morgan fingerprint density at radius 3 is 2.88 bits per heavy atom. The van der Waals surface area contributed by atoms with E-state index in [9.17, 15) is 14.7 Å². The van der Waals surface area contributed by atoms with Gasteiger partial charge in [-0.05, 0) is 13.3 Å². The molecule has 0 saturated carbocycles. The van der Waals surface area contributed by atoms with Crippen molar-refractivity contribution < 1.29 is 19.8 Å². The van der Waals surface area contributed by atoms with Crippen LogP contribution in [0.5, 0.6) is 0 Å². The number of nitrogens with one attached hydrogen (secondary N) is 2. The van der Waals surface area contributed by atoms with Crippen LogP contribution in [-0.4, -0.2) is 47.3 Å². The van der Waals surface area contributed by atoms with Gasteiger partial charge in [-0.15, -0.1) is 0 Å². The fourth-order valence-corrected chi connectivity index (χ4v) is 1.43. The second-order valence-electron chi connectivity index (χ2n) is 4.41. The molecule has 2 atom stereocenters. The van der Waals surface area contributed by atoms with Crippen molar-refractivity contribution in [1.82, 2.24) is 10.6 Å². The van der Waals surface area contributed by atoms with Gasteiger partial charge in [0.05, 0.1) is 12.5 Å². The van der Waals surface area contributed by atoms with Crippen LogP contribution in [0.15, 0.2) is 0 Å². The van der Waals surface area contributed by atoms with Gasteiger partial charge in [-0.25, -0.2) is 0 Å². The van der Waals surface area contributed by atoms with E-state index in [1.54, 1.807) is 0 Å². The van der Waals surface area contributed by atoms with Gasteiger partial charge in [-0.3, -0.25) is 9.59 Å². The van der Waals surface area contributed by atoms with E-state index in [0.29, 0.717) is 19.4 Å². The summed E-state index contributed by atoms with van der Waals surface area (Å²) in [6, 6.07) is 0. The lowest BCUT2D eigenvalue weighted by Gasteiger charge is -2.25. The average molecular weight is 230 g/mol.